The van der Waals surface area contributed by atoms with Crippen LogP contribution in [0, 0.1) is 19.8 Å². The van der Waals surface area contributed by atoms with Gasteiger partial charge in [-0.2, -0.15) is 4.98 Å². The van der Waals surface area contributed by atoms with Gasteiger partial charge in [-0.05, 0) is 39.5 Å². The predicted octanol–water partition coefficient (Wildman–Crippen LogP) is 1.81. The average Bonchev–Trinajstić information content (AvgIpc) is 3.25. The second-order valence-electron chi connectivity index (χ2n) is 6.16. The SMILES string of the molecule is Cc1nc(NC(=O)N2CCCC(C(=O)NC3CC3)C2)oc1C. The third-order valence-electron chi connectivity index (χ3n) is 4.25. The molecule has 1 aliphatic heterocycles. The van der Waals surface area contributed by atoms with Crippen LogP contribution in [0.4, 0.5) is 10.8 Å². The Balaban J connectivity index is 1.56. The Labute approximate surface area is 129 Å². The lowest BCUT2D eigenvalue weighted by molar-refractivity contribution is -0.126. The second kappa shape index (κ2) is 5.98. The van der Waals surface area contributed by atoms with Crippen molar-refractivity contribution in [3.63, 3.8) is 0 Å². The normalized spacial score (nSPS) is 21.5. The molecule has 0 radical (unpaired) electrons. The summed E-state index contributed by atoms with van der Waals surface area (Å²) < 4.78 is 5.36. The van der Waals surface area contributed by atoms with Crippen LogP contribution < -0.4 is 10.6 Å². The van der Waals surface area contributed by atoms with Gasteiger partial charge in [0.25, 0.3) is 0 Å². The number of aryl methyl sites for hydroxylation is 2. The fraction of sp³-hybridized carbons (Fsp3) is 0.667. The van der Waals surface area contributed by atoms with E-state index in [1.807, 2.05) is 6.92 Å². The van der Waals surface area contributed by atoms with Crippen LogP contribution in [-0.4, -0.2) is 41.0 Å². The van der Waals surface area contributed by atoms with Crippen LogP contribution in [0.25, 0.3) is 0 Å². The van der Waals surface area contributed by atoms with Crippen molar-refractivity contribution in [2.45, 2.75) is 45.6 Å². The van der Waals surface area contributed by atoms with Gasteiger partial charge in [0.1, 0.15) is 5.76 Å². The lowest BCUT2D eigenvalue weighted by atomic mass is 9.97. The first kappa shape index (κ1) is 14.9. The molecule has 0 bridgehead atoms. The van der Waals surface area contributed by atoms with Crippen molar-refractivity contribution in [2.24, 2.45) is 5.92 Å². The highest BCUT2D eigenvalue weighted by Gasteiger charge is 2.32. The maximum atomic E-state index is 12.3. The first-order valence-corrected chi connectivity index (χ1v) is 7.83. The van der Waals surface area contributed by atoms with E-state index in [4.69, 9.17) is 4.42 Å². The van der Waals surface area contributed by atoms with E-state index < -0.39 is 0 Å². The molecule has 2 heterocycles. The molecule has 1 aromatic rings. The zero-order valence-corrected chi connectivity index (χ0v) is 13.0. The molecule has 2 fully saturated rings. The van der Waals surface area contributed by atoms with Gasteiger partial charge in [0.2, 0.25) is 5.91 Å². The molecule has 22 heavy (non-hydrogen) atoms. The number of nitrogens with one attached hydrogen (secondary N) is 2. The molecule has 2 aliphatic rings. The maximum absolute atomic E-state index is 12.3. The van der Waals surface area contributed by atoms with Crippen LogP contribution in [0.5, 0.6) is 0 Å². The highest BCUT2D eigenvalue weighted by Crippen LogP contribution is 2.22. The number of aromatic nitrogens is 1. The molecule has 2 N–H and O–H groups in total. The van der Waals surface area contributed by atoms with Crippen molar-refractivity contribution in [2.75, 3.05) is 18.4 Å². The molecule has 1 saturated heterocycles. The largest absolute Gasteiger partial charge is 0.428 e. The van der Waals surface area contributed by atoms with Crippen LogP contribution in [-0.2, 0) is 4.79 Å². The highest BCUT2D eigenvalue weighted by molar-refractivity contribution is 5.88. The van der Waals surface area contributed by atoms with Crippen molar-refractivity contribution in [1.82, 2.24) is 15.2 Å². The standard InChI is InChI=1S/C15H22N4O3/c1-9-10(2)22-14(16-9)18-15(21)19-7-3-4-11(8-19)13(20)17-12-5-6-12/h11-12H,3-8H2,1-2H3,(H,17,20)(H,16,18,21). The van der Waals surface area contributed by atoms with Gasteiger partial charge in [-0.3, -0.25) is 10.1 Å². The number of nitrogens with zero attached hydrogens (tertiary/aromatic N) is 2. The smallest absolute Gasteiger partial charge is 0.325 e. The molecule has 1 aromatic heterocycles. The van der Waals surface area contributed by atoms with Gasteiger partial charge in [-0.1, -0.05) is 0 Å². The molecule has 7 heteroatoms. The van der Waals surface area contributed by atoms with E-state index in [1.54, 1.807) is 11.8 Å². The van der Waals surface area contributed by atoms with E-state index in [0.717, 1.165) is 31.4 Å². The summed E-state index contributed by atoms with van der Waals surface area (Å²) in [7, 11) is 0. The third kappa shape index (κ3) is 3.40. The Morgan fingerprint density at radius 1 is 1.27 bits per heavy atom. The molecule has 1 saturated carbocycles. The van der Waals surface area contributed by atoms with Crippen LogP contribution in [0.15, 0.2) is 4.42 Å². The Kier molecular flexibility index (Phi) is 4.04. The number of oxazole rings is 1. The van der Waals surface area contributed by atoms with Crippen molar-refractivity contribution in [1.29, 1.82) is 0 Å². The summed E-state index contributed by atoms with van der Waals surface area (Å²) in [4.78, 5) is 30.2. The lowest BCUT2D eigenvalue weighted by Crippen LogP contribution is -2.47. The number of amides is 3. The quantitative estimate of drug-likeness (QED) is 0.891. The van der Waals surface area contributed by atoms with Crippen molar-refractivity contribution >= 4 is 18.0 Å². The van der Waals surface area contributed by atoms with Crippen LogP contribution in [0.3, 0.4) is 0 Å². The molecule has 1 unspecified atom stereocenters. The average molecular weight is 306 g/mol. The highest BCUT2D eigenvalue weighted by atomic mass is 16.4. The minimum Gasteiger partial charge on any atom is -0.428 e. The van der Waals surface area contributed by atoms with Gasteiger partial charge in [-0.15, -0.1) is 0 Å². The number of rotatable bonds is 3. The number of hydrogen-bond acceptors (Lipinski definition) is 4. The first-order valence-electron chi connectivity index (χ1n) is 7.83. The van der Waals surface area contributed by atoms with E-state index in [2.05, 4.69) is 15.6 Å². The Hall–Kier alpha value is -2.05. The van der Waals surface area contributed by atoms with Crippen LogP contribution in [0.1, 0.15) is 37.1 Å². The summed E-state index contributed by atoms with van der Waals surface area (Å²) in [5, 5.41) is 5.68. The Morgan fingerprint density at radius 2 is 2.05 bits per heavy atom. The summed E-state index contributed by atoms with van der Waals surface area (Å²) in [6.45, 7) is 4.73. The van der Waals surface area contributed by atoms with Crippen molar-refractivity contribution < 1.29 is 14.0 Å². The first-order chi connectivity index (χ1) is 10.5. The third-order valence-corrected chi connectivity index (χ3v) is 4.25. The number of likely N-dealkylation sites (tertiary alicyclic amines) is 1. The van der Waals surface area contributed by atoms with E-state index >= 15 is 0 Å². The van der Waals surface area contributed by atoms with Gasteiger partial charge < -0.3 is 14.6 Å². The van der Waals surface area contributed by atoms with Gasteiger partial charge in [0, 0.05) is 19.1 Å². The monoisotopic (exact) mass is 306 g/mol. The molecule has 1 aliphatic carbocycles. The summed E-state index contributed by atoms with van der Waals surface area (Å²) in [5.41, 5.74) is 0.760. The maximum Gasteiger partial charge on any atom is 0.325 e. The number of carbonyl (C=O) groups excluding carboxylic acids is 2. The van der Waals surface area contributed by atoms with Crippen LogP contribution in [0.2, 0.25) is 0 Å². The van der Waals surface area contributed by atoms with Gasteiger partial charge >= 0.3 is 12.0 Å². The Bertz CT molecular complexity index is 560. The van der Waals surface area contributed by atoms with E-state index in [1.165, 1.54) is 0 Å². The number of urea groups is 1. The number of carbonyl (C=O) groups is 2. The summed E-state index contributed by atoms with van der Waals surface area (Å²) in [5.74, 6) is 0.645. The van der Waals surface area contributed by atoms with Crippen LogP contribution >= 0.6 is 0 Å². The molecular formula is C15H22N4O3. The zero-order chi connectivity index (χ0) is 15.7. The van der Waals surface area contributed by atoms with Crippen molar-refractivity contribution in [3.05, 3.63) is 11.5 Å². The summed E-state index contributed by atoms with van der Waals surface area (Å²) in [6, 6.07) is 0.310. The zero-order valence-electron chi connectivity index (χ0n) is 13.0. The minimum atomic E-state index is -0.259. The predicted molar refractivity (Wildman–Crippen MR) is 80.5 cm³/mol. The molecular weight excluding hydrogens is 284 g/mol. The summed E-state index contributed by atoms with van der Waals surface area (Å²) in [6.07, 6.45) is 3.82. The lowest BCUT2D eigenvalue weighted by Gasteiger charge is -2.31. The molecule has 3 amide bonds. The van der Waals surface area contributed by atoms with Gasteiger partial charge in [-0.25, -0.2) is 4.79 Å². The minimum absolute atomic E-state index is 0.0720. The number of anilines is 1. The summed E-state index contributed by atoms with van der Waals surface area (Å²) >= 11 is 0. The van der Waals surface area contributed by atoms with E-state index in [-0.39, 0.29) is 23.9 Å². The topological polar surface area (TPSA) is 87.5 Å². The second-order valence-corrected chi connectivity index (χ2v) is 6.16. The van der Waals surface area contributed by atoms with Gasteiger partial charge in [0.15, 0.2) is 0 Å². The van der Waals surface area contributed by atoms with E-state index in [9.17, 15) is 9.59 Å². The fourth-order valence-electron chi connectivity index (χ4n) is 2.62. The van der Waals surface area contributed by atoms with Gasteiger partial charge in [0.05, 0.1) is 11.6 Å². The molecule has 120 valence electrons. The molecule has 1 atom stereocenters. The molecule has 0 spiro atoms. The molecule has 3 rings (SSSR count). The fourth-order valence-corrected chi connectivity index (χ4v) is 2.62. The Morgan fingerprint density at radius 3 is 2.68 bits per heavy atom. The van der Waals surface area contributed by atoms with Crippen molar-refractivity contribution in [3.8, 4) is 0 Å². The molecule has 0 aromatic carbocycles. The van der Waals surface area contributed by atoms with E-state index in [0.29, 0.717) is 24.9 Å². The number of piperidine rings is 1. The number of hydrogen-bond donors (Lipinski definition) is 2. The molecule has 7 nitrogen and oxygen atoms in total.